The SMILES string of the molecule is OCC1(C2(O)CCCOCC2)CCCOC1. The topological polar surface area (TPSA) is 58.9 Å². The van der Waals surface area contributed by atoms with Crippen molar-refractivity contribution in [1.29, 1.82) is 0 Å². The quantitative estimate of drug-likeness (QED) is 0.733. The maximum Gasteiger partial charge on any atom is 0.0770 e. The van der Waals surface area contributed by atoms with E-state index in [-0.39, 0.29) is 6.61 Å². The normalized spacial score (nSPS) is 41.6. The summed E-state index contributed by atoms with van der Waals surface area (Å²) in [5.74, 6) is 0. The van der Waals surface area contributed by atoms with Crippen molar-refractivity contribution in [2.75, 3.05) is 33.0 Å². The average Bonchev–Trinajstić information content (AvgIpc) is 2.56. The molecule has 0 aromatic heterocycles. The van der Waals surface area contributed by atoms with Crippen LogP contribution in [0.5, 0.6) is 0 Å². The Bertz CT molecular complexity index is 215. The molecule has 0 aromatic rings. The fraction of sp³-hybridized carbons (Fsp3) is 1.00. The van der Waals surface area contributed by atoms with Gasteiger partial charge in [-0.15, -0.1) is 0 Å². The molecule has 2 heterocycles. The standard InChI is InChI=1S/C12H22O4/c13-9-11(3-1-7-16-10-11)12(14)4-2-6-15-8-5-12/h13-14H,1-10H2. The van der Waals surface area contributed by atoms with Crippen LogP contribution < -0.4 is 0 Å². The molecule has 16 heavy (non-hydrogen) atoms. The summed E-state index contributed by atoms with van der Waals surface area (Å²) in [5.41, 5.74) is -1.29. The fourth-order valence-electron chi connectivity index (χ4n) is 2.96. The monoisotopic (exact) mass is 230 g/mol. The van der Waals surface area contributed by atoms with Crippen molar-refractivity contribution >= 4 is 0 Å². The van der Waals surface area contributed by atoms with Gasteiger partial charge in [-0.25, -0.2) is 0 Å². The van der Waals surface area contributed by atoms with Gasteiger partial charge in [-0.2, -0.15) is 0 Å². The molecule has 0 radical (unpaired) electrons. The van der Waals surface area contributed by atoms with Crippen LogP contribution in [0.3, 0.4) is 0 Å². The second-order valence-electron chi connectivity index (χ2n) is 5.09. The number of hydrogen-bond donors (Lipinski definition) is 2. The maximum absolute atomic E-state index is 10.8. The van der Waals surface area contributed by atoms with Gasteiger partial charge in [0.05, 0.1) is 18.8 Å². The zero-order chi connectivity index (χ0) is 11.5. The van der Waals surface area contributed by atoms with Gasteiger partial charge < -0.3 is 19.7 Å². The molecule has 2 aliphatic rings. The maximum atomic E-state index is 10.8. The Hall–Kier alpha value is -0.160. The summed E-state index contributed by atoms with van der Waals surface area (Å²) in [6, 6.07) is 0. The van der Waals surface area contributed by atoms with E-state index in [1.54, 1.807) is 0 Å². The molecule has 4 nitrogen and oxygen atoms in total. The molecule has 2 saturated heterocycles. The Labute approximate surface area is 96.6 Å². The lowest BCUT2D eigenvalue weighted by Gasteiger charge is -2.48. The van der Waals surface area contributed by atoms with Gasteiger partial charge >= 0.3 is 0 Å². The van der Waals surface area contributed by atoms with Gasteiger partial charge in [0.25, 0.3) is 0 Å². The lowest BCUT2D eigenvalue weighted by molar-refractivity contribution is -0.173. The smallest absolute Gasteiger partial charge is 0.0770 e. The van der Waals surface area contributed by atoms with Crippen LogP contribution in [-0.2, 0) is 9.47 Å². The van der Waals surface area contributed by atoms with E-state index < -0.39 is 11.0 Å². The Kier molecular flexibility index (Phi) is 3.85. The molecule has 4 heteroatoms. The third kappa shape index (κ3) is 2.12. The van der Waals surface area contributed by atoms with E-state index in [0.717, 1.165) is 25.9 Å². The van der Waals surface area contributed by atoms with E-state index in [1.165, 1.54) is 0 Å². The molecular formula is C12H22O4. The molecule has 2 unspecified atom stereocenters. The fourth-order valence-corrected chi connectivity index (χ4v) is 2.96. The number of aliphatic hydroxyl groups excluding tert-OH is 1. The van der Waals surface area contributed by atoms with Crippen LogP contribution in [0.25, 0.3) is 0 Å². The van der Waals surface area contributed by atoms with Crippen molar-refractivity contribution in [2.24, 2.45) is 5.41 Å². The van der Waals surface area contributed by atoms with E-state index in [9.17, 15) is 10.2 Å². The Morgan fingerprint density at radius 3 is 2.38 bits per heavy atom. The first-order valence-corrected chi connectivity index (χ1v) is 6.21. The van der Waals surface area contributed by atoms with Crippen molar-refractivity contribution in [3.05, 3.63) is 0 Å². The first kappa shape index (κ1) is 12.3. The first-order chi connectivity index (χ1) is 7.72. The largest absolute Gasteiger partial charge is 0.396 e. The van der Waals surface area contributed by atoms with E-state index >= 15 is 0 Å². The zero-order valence-corrected chi connectivity index (χ0v) is 9.78. The molecular weight excluding hydrogens is 208 g/mol. The Balaban J connectivity index is 2.16. The molecule has 0 aliphatic carbocycles. The minimum Gasteiger partial charge on any atom is -0.396 e. The van der Waals surface area contributed by atoms with Gasteiger partial charge in [0.2, 0.25) is 0 Å². The summed E-state index contributed by atoms with van der Waals surface area (Å²) in [6.45, 7) is 2.51. The van der Waals surface area contributed by atoms with Crippen molar-refractivity contribution in [3.8, 4) is 0 Å². The lowest BCUT2D eigenvalue weighted by Crippen LogP contribution is -2.55. The molecule has 94 valence electrons. The molecule has 2 atom stereocenters. The first-order valence-electron chi connectivity index (χ1n) is 6.21. The number of hydrogen-bond acceptors (Lipinski definition) is 4. The summed E-state index contributed by atoms with van der Waals surface area (Å²) in [6.07, 6.45) is 3.94. The Morgan fingerprint density at radius 1 is 0.938 bits per heavy atom. The van der Waals surface area contributed by atoms with Gasteiger partial charge in [-0.3, -0.25) is 0 Å². The summed E-state index contributed by atoms with van der Waals surface area (Å²) in [7, 11) is 0. The van der Waals surface area contributed by atoms with Gasteiger partial charge in [-0.1, -0.05) is 0 Å². The van der Waals surface area contributed by atoms with Crippen molar-refractivity contribution in [1.82, 2.24) is 0 Å². The predicted octanol–water partition coefficient (Wildman–Crippen LogP) is 0.707. The van der Waals surface area contributed by atoms with Crippen LogP contribution in [0.15, 0.2) is 0 Å². The highest BCUT2D eigenvalue weighted by Gasteiger charge is 2.50. The molecule has 0 saturated carbocycles. The predicted molar refractivity (Wildman–Crippen MR) is 59.2 cm³/mol. The highest BCUT2D eigenvalue weighted by atomic mass is 16.5. The number of aliphatic hydroxyl groups is 2. The van der Waals surface area contributed by atoms with Crippen LogP contribution in [-0.4, -0.2) is 48.8 Å². The van der Waals surface area contributed by atoms with Crippen LogP contribution in [0.1, 0.15) is 32.1 Å². The van der Waals surface area contributed by atoms with Crippen molar-refractivity contribution in [3.63, 3.8) is 0 Å². The molecule has 0 bridgehead atoms. The van der Waals surface area contributed by atoms with E-state index in [0.29, 0.717) is 32.7 Å². The molecule has 2 fully saturated rings. The third-order valence-electron chi connectivity index (χ3n) is 4.15. The van der Waals surface area contributed by atoms with Gasteiger partial charge in [0.15, 0.2) is 0 Å². The van der Waals surface area contributed by atoms with Crippen LogP contribution in [0.4, 0.5) is 0 Å². The van der Waals surface area contributed by atoms with Gasteiger partial charge in [0.1, 0.15) is 0 Å². The molecule has 2 rings (SSSR count). The number of rotatable bonds is 2. The van der Waals surface area contributed by atoms with E-state index in [4.69, 9.17) is 9.47 Å². The second-order valence-corrected chi connectivity index (χ2v) is 5.09. The van der Waals surface area contributed by atoms with Crippen molar-refractivity contribution in [2.45, 2.75) is 37.7 Å². The molecule has 2 N–H and O–H groups in total. The highest BCUT2D eigenvalue weighted by molar-refractivity contribution is 5.00. The van der Waals surface area contributed by atoms with E-state index in [1.807, 2.05) is 0 Å². The van der Waals surface area contributed by atoms with Crippen LogP contribution in [0, 0.1) is 5.41 Å². The molecule has 0 amide bonds. The van der Waals surface area contributed by atoms with Crippen molar-refractivity contribution < 1.29 is 19.7 Å². The molecule has 0 spiro atoms. The minimum atomic E-state index is -0.821. The Morgan fingerprint density at radius 2 is 1.69 bits per heavy atom. The minimum absolute atomic E-state index is 0.00347. The number of ether oxygens (including phenoxy) is 2. The average molecular weight is 230 g/mol. The lowest BCUT2D eigenvalue weighted by atomic mass is 9.66. The summed E-state index contributed by atoms with van der Waals surface area (Å²) in [4.78, 5) is 0. The van der Waals surface area contributed by atoms with Crippen LogP contribution >= 0.6 is 0 Å². The zero-order valence-electron chi connectivity index (χ0n) is 9.78. The van der Waals surface area contributed by atoms with Gasteiger partial charge in [-0.05, 0) is 25.7 Å². The molecule has 0 aromatic carbocycles. The summed E-state index contributed by atoms with van der Waals surface area (Å²) in [5, 5.41) is 20.5. The molecule has 2 aliphatic heterocycles. The van der Waals surface area contributed by atoms with Gasteiger partial charge in [0, 0.05) is 31.7 Å². The summed E-state index contributed by atoms with van der Waals surface area (Å²) < 4.78 is 10.9. The third-order valence-corrected chi connectivity index (χ3v) is 4.15. The summed E-state index contributed by atoms with van der Waals surface area (Å²) >= 11 is 0. The highest BCUT2D eigenvalue weighted by Crippen LogP contribution is 2.44. The second kappa shape index (κ2) is 5.00. The van der Waals surface area contributed by atoms with Crippen LogP contribution in [0.2, 0.25) is 0 Å². The van der Waals surface area contributed by atoms with E-state index in [2.05, 4.69) is 0 Å².